The summed E-state index contributed by atoms with van der Waals surface area (Å²) in [5.41, 5.74) is 0. The van der Waals surface area contributed by atoms with Gasteiger partial charge in [-0.1, -0.05) is 41.6 Å². The molecule has 1 N–H and O–H groups in total. The zero-order valence-corrected chi connectivity index (χ0v) is 12.2. The largest absolute Gasteiger partial charge is 0.356 e. The number of rotatable bonds is 3. The molecule has 2 atom stereocenters. The van der Waals surface area contributed by atoms with Crippen LogP contribution in [0.1, 0.15) is 57.8 Å². The minimum Gasteiger partial charge on any atom is -0.356 e. The Morgan fingerprint density at radius 3 is 2.35 bits per heavy atom. The highest BCUT2D eigenvalue weighted by atomic mass is 79.9. The molecule has 2 aliphatic rings. The van der Waals surface area contributed by atoms with E-state index >= 15 is 0 Å². The van der Waals surface area contributed by atoms with Crippen LogP contribution in [0.15, 0.2) is 0 Å². The van der Waals surface area contributed by atoms with Crippen LogP contribution in [0.3, 0.4) is 0 Å². The van der Waals surface area contributed by atoms with Crippen LogP contribution >= 0.6 is 15.9 Å². The molecule has 3 heteroatoms. The van der Waals surface area contributed by atoms with E-state index in [0.717, 1.165) is 19.4 Å². The van der Waals surface area contributed by atoms with Gasteiger partial charge in [0.25, 0.3) is 0 Å². The molecule has 98 valence electrons. The van der Waals surface area contributed by atoms with E-state index in [2.05, 4.69) is 21.2 Å². The van der Waals surface area contributed by atoms with Crippen molar-refractivity contribution in [2.45, 2.75) is 62.6 Å². The second-order valence-electron chi connectivity index (χ2n) is 5.71. The van der Waals surface area contributed by atoms with Gasteiger partial charge in [0, 0.05) is 17.3 Å². The molecule has 0 bridgehead atoms. The molecule has 2 saturated carbocycles. The van der Waals surface area contributed by atoms with E-state index in [4.69, 9.17) is 0 Å². The van der Waals surface area contributed by atoms with E-state index in [1.807, 2.05) is 0 Å². The van der Waals surface area contributed by atoms with Gasteiger partial charge in [-0.25, -0.2) is 0 Å². The molecule has 0 saturated heterocycles. The highest BCUT2D eigenvalue weighted by Gasteiger charge is 2.24. The number of halogens is 1. The maximum atomic E-state index is 12.1. The van der Waals surface area contributed by atoms with E-state index in [-0.39, 0.29) is 0 Å². The smallest absolute Gasteiger partial charge is 0.223 e. The molecule has 2 unspecified atom stereocenters. The first-order valence-electron chi connectivity index (χ1n) is 7.17. The molecule has 2 rings (SSSR count). The van der Waals surface area contributed by atoms with Crippen LogP contribution in [0, 0.1) is 11.8 Å². The van der Waals surface area contributed by atoms with Crippen molar-refractivity contribution in [3.63, 3.8) is 0 Å². The van der Waals surface area contributed by atoms with Crippen molar-refractivity contribution < 1.29 is 4.79 Å². The van der Waals surface area contributed by atoms with Gasteiger partial charge in [0.2, 0.25) is 5.91 Å². The first-order chi connectivity index (χ1) is 8.25. The lowest BCUT2D eigenvalue weighted by Crippen LogP contribution is -2.33. The molecule has 2 nitrogen and oxygen atoms in total. The number of nitrogens with one attached hydrogen (secondary N) is 1. The van der Waals surface area contributed by atoms with Gasteiger partial charge in [-0.3, -0.25) is 4.79 Å². The third-order valence-corrected chi connectivity index (χ3v) is 5.10. The van der Waals surface area contributed by atoms with E-state index in [0.29, 0.717) is 22.6 Å². The minimum atomic E-state index is 0.304. The Hall–Kier alpha value is -0.0500. The van der Waals surface area contributed by atoms with Gasteiger partial charge in [0.15, 0.2) is 0 Å². The fourth-order valence-electron chi connectivity index (χ4n) is 3.13. The standard InChI is InChI=1S/C14H24BrNO/c15-13-8-7-11(9-13)10-16-14(17)12-5-3-1-2-4-6-12/h11-13H,1-10H2,(H,16,17). The van der Waals surface area contributed by atoms with E-state index in [1.165, 1.54) is 44.9 Å². The average Bonchev–Trinajstić information content (AvgIpc) is 2.58. The van der Waals surface area contributed by atoms with Crippen molar-refractivity contribution in [1.29, 1.82) is 0 Å². The second-order valence-corrected chi connectivity index (χ2v) is 7.00. The zero-order valence-electron chi connectivity index (χ0n) is 10.6. The second kappa shape index (κ2) is 6.77. The molecule has 2 fully saturated rings. The molecule has 0 aromatic rings. The SMILES string of the molecule is O=C(NCC1CCC(Br)C1)C1CCCCCC1. The Balaban J connectivity index is 1.69. The summed E-state index contributed by atoms with van der Waals surface area (Å²) in [6.07, 6.45) is 11.1. The van der Waals surface area contributed by atoms with Gasteiger partial charge in [-0.05, 0) is 38.0 Å². The van der Waals surface area contributed by atoms with Crippen LogP contribution in [0.25, 0.3) is 0 Å². The number of alkyl halides is 1. The number of amides is 1. The summed E-state index contributed by atoms with van der Waals surface area (Å²) >= 11 is 3.66. The van der Waals surface area contributed by atoms with Crippen LogP contribution < -0.4 is 5.32 Å². The lowest BCUT2D eigenvalue weighted by atomic mass is 9.99. The maximum Gasteiger partial charge on any atom is 0.223 e. The van der Waals surface area contributed by atoms with E-state index in [1.54, 1.807) is 0 Å². The van der Waals surface area contributed by atoms with Crippen molar-refractivity contribution in [3.05, 3.63) is 0 Å². The third kappa shape index (κ3) is 4.27. The van der Waals surface area contributed by atoms with Crippen LogP contribution in [-0.4, -0.2) is 17.3 Å². The van der Waals surface area contributed by atoms with Crippen LogP contribution in [0.5, 0.6) is 0 Å². The first kappa shape index (κ1) is 13.4. The summed E-state index contributed by atoms with van der Waals surface area (Å²) < 4.78 is 0. The minimum absolute atomic E-state index is 0.304. The lowest BCUT2D eigenvalue weighted by Gasteiger charge is -2.16. The molecule has 2 aliphatic carbocycles. The molecule has 17 heavy (non-hydrogen) atoms. The van der Waals surface area contributed by atoms with Crippen molar-refractivity contribution >= 4 is 21.8 Å². The third-order valence-electron chi connectivity index (χ3n) is 4.27. The summed E-state index contributed by atoms with van der Waals surface area (Å²) in [6.45, 7) is 0.900. The Kier molecular flexibility index (Phi) is 5.33. The summed E-state index contributed by atoms with van der Waals surface area (Å²) in [5, 5.41) is 3.18. The van der Waals surface area contributed by atoms with Crippen molar-refractivity contribution in [2.24, 2.45) is 11.8 Å². The normalized spacial score (nSPS) is 31.1. The molecule has 0 aliphatic heterocycles. The van der Waals surface area contributed by atoms with Crippen LogP contribution in [-0.2, 0) is 4.79 Å². The molecular weight excluding hydrogens is 278 g/mol. The van der Waals surface area contributed by atoms with Crippen molar-refractivity contribution in [2.75, 3.05) is 6.54 Å². The fourth-order valence-corrected chi connectivity index (χ4v) is 3.92. The topological polar surface area (TPSA) is 29.1 Å². The van der Waals surface area contributed by atoms with E-state index in [9.17, 15) is 4.79 Å². The predicted octanol–water partition coefficient (Wildman–Crippen LogP) is 3.64. The molecule has 0 spiro atoms. The Morgan fingerprint density at radius 2 is 1.76 bits per heavy atom. The fraction of sp³-hybridized carbons (Fsp3) is 0.929. The maximum absolute atomic E-state index is 12.1. The molecule has 0 heterocycles. The number of carbonyl (C=O) groups is 1. The predicted molar refractivity (Wildman–Crippen MR) is 74.3 cm³/mol. The molecule has 1 amide bonds. The molecular formula is C14H24BrNO. The summed E-state index contributed by atoms with van der Waals surface area (Å²) in [6, 6.07) is 0. The number of carbonyl (C=O) groups excluding carboxylic acids is 1. The van der Waals surface area contributed by atoms with Crippen molar-refractivity contribution in [3.8, 4) is 0 Å². The van der Waals surface area contributed by atoms with Gasteiger partial charge in [-0.2, -0.15) is 0 Å². The summed E-state index contributed by atoms with van der Waals surface area (Å²) in [4.78, 5) is 12.7. The monoisotopic (exact) mass is 301 g/mol. The van der Waals surface area contributed by atoms with Gasteiger partial charge in [-0.15, -0.1) is 0 Å². The van der Waals surface area contributed by atoms with Crippen molar-refractivity contribution in [1.82, 2.24) is 5.32 Å². The highest BCUT2D eigenvalue weighted by Crippen LogP contribution is 2.30. The molecule has 0 aromatic carbocycles. The molecule has 0 radical (unpaired) electrons. The summed E-state index contributed by atoms with van der Waals surface area (Å²) in [5.74, 6) is 1.33. The zero-order chi connectivity index (χ0) is 12.1. The number of hydrogen-bond donors (Lipinski definition) is 1. The summed E-state index contributed by atoms with van der Waals surface area (Å²) in [7, 11) is 0. The Bertz CT molecular complexity index is 249. The molecule has 0 aromatic heterocycles. The lowest BCUT2D eigenvalue weighted by molar-refractivity contribution is -0.125. The first-order valence-corrected chi connectivity index (χ1v) is 8.09. The van der Waals surface area contributed by atoms with E-state index < -0.39 is 0 Å². The van der Waals surface area contributed by atoms with Gasteiger partial charge in [0.1, 0.15) is 0 Å². The number of hydrogen-bond acceptors (Lipinski definition) is 1. The Morgan fingerprint density at radius 1 is 1.06 bits per heavy atom. The van der Waals surface area contributed by atoms with Gasteiger partial charge in [0.05, 0.1) is 0 Å². The van der Waals surface area contributed by atoms with Crippen LogP contribution in [0.2, 0.25) is 0 Å². The average molecular weight is 302 g/mol. The van der Waals surface area contributed by atoms with Crippen LogP contribution in [0.4, 0.5) is 0 Å². The van der Waals surface area contributed by atoms with Gasteiger partial charge < -0.3 is 5.32 Å². The highest BCUT2D eigenvalue weighted by molar-refractivity contribution is 9.09. The van der Waals surface area contributed by atoms with Gasteiger partial charge >= 0.3 is 0 Å². The quantitative estimate of drug-likeness (QED) is 0.626. The Labute approximate surface area is 113 Å².